The van der Waals surface area contributed by atoms with Crippen molar-refractivity contribution in [1.29, 1.82) is 0 Å². The van der Waals surface area contributed by atoms with Crippen LogP contribution in [0.5, 0.6) is 0 Å². The van der Waals surface area contributed by atoms with Crippen molar-refractivity contribution in [3.8, 4) is 0 Å². The largest absolute Gasteiger partial charge is 0.396 e. The Labute approximate surface area is 131 Å². The van der Waals surface area contributed by atoms with Crippen LogP contribution in [0.2, 0.25) is 0 Å². The average molecular weight is 297 g/mol. The molecule has 1 saturated heterocycles. The maximum absolute atomic E-state index is 9.34. The number of hydrogen-bond donors (Lipinski definition) is 2. The van der Waals surface area contributed by atoms with Gasteiger partial charge in [-0.05, 0) is 17.0 Å². The van der Waals surface area contributed by atoms with Crippen molar-refractivity contribution in [2.75, 3.05) is 26.3 Å². The normalized spacial score (nSPS) is 16.2. The maximum atomic E-state index is 9.34. The third-order valence-corrected chi connectivity index (χ3v) is 4.67. The molecule has 2 aromatic rings. The number of aliphatic hydroxyl groups is 2. The van der Waals surface area contributed by atoms with Crippen LogP contribution >= 0.6 is 0 Å². The summed E-state index contributed by atoms with van der Waals surface area (Å²) in [6, 6.07) is 21.3. The minimum Gasteiger partial charge on any atom is -0.396 e. The van der Waals surface area contributed by atoms with Gasteiger partial charge in [0.1, 0.15) is 0 Å². The number of hydrogen-bond acceptors (Lipinski definition) is 3. The zero-order chi connectivity index (χ0) is 15.4. The van der Waals surface area contributed by atoms with Crippen LogP contribution in [0.25, 0.3) is 0 Å². The first-order chi connectivity index (χ1) is 10.8. The van der Waals surface area contributed by atoms with Crippen molar-refractivity contribution in [1.82, 2.24) is 4.90 Å². The topological polar surface area (TPSA) is 43.7 Å². The Morgan fingerprint density at radius 3 is 1.68 bits per heavy atom. The van der Waals surface area contributed by atoms with Gasteiger partial charge in [-0.15, -0.1) is 0 Å². The van der Waals surface area contributed by atoms with Gasteiger partial charge in [0.25, 0.3) is 0 Å². The summed E-state index contributed by atoms with van der Waals surface area (Å²) in [4.78, 5) is 2.42. The molecule has 3 nitrogen and oxygen atoms in total. The Balaban J connectivity index is 1.80. The van der Waals surface area contributed by atoms with Crippen molar-refractivity contribution in [2.45, 2.75) is 6.04 Å². The van der Waals surface area contributed by atoms with E-state index in [-0.39, 0.29) is 25.2 Å². The highest BCUT2D eigenvalue weighted by molar-refractivity contribution is 5.32. The smallest absolute Gasteiger partial charge is 0.0602 e. The Morgan fingerprint density at radius 2 is 1.27 bits per heavy atom. The van der Waals surface area contributed by atoms with Crippen molar-refractivity contribution in [2.24, 2.45) is 11.8 Å². The Bertz CT molecular complexity index is 523. The van der Waals surface area contributed by atoms with Gasteiger partial charge in [-0.3, -0.25) is 4.90 Å². The summed E-state index contributed by atoms with van der Waals surface area (Å²) in [5, 5.41) is 18.7. The fourth-order valence-corrected chi connectivity index (χ4v) is 3.30. The van der Waals surface area contributed by atoms with Gasteiger partial charge in [-0.25, -0.2) is 0 Å². The molecule has 1 aliphatic heterocycles. The standard InChI is InChI=1S/C19H23NO2/c21-13-18(14-22)17-11-20(12-17)19(15-7-3-1-4-8-15)16-9-5-2-6-10-16/h1-10,17-19,21-22H,11-14H2. The molecule has 2 aromatic carbocycles. The first-order valence-corrected chi connectivity index (χ1v) is 7.89. The van der Waals surface area contributed by atoms with Gasteiger partial charge < -0.3 is 10.2 Å². The fraction of sp³-hybridized carbons (Fsp3) is 0.368. The summed E-state index contributed by atoms with van der Waals surface area (Å²) < 4.78 is 0. The highest BCUT2D eigenvalue weighted by Crippen LogP contribution is 2.36. The second-order valence-electron chi connectivity index (χ2n) is 6.06. The van der Waals surface area contributed by atoms with Gasteiger partial charge in [0.15, 0.2) is 0 Å². The van der Waals surface area contributed by atoms with Gasteiger partial charge in [0, 0.05) is 32.2 Å². The van der Waals surface area contributed by atoms with Crippen molar-refractivity contribution < 1.29 is 10.2 Å². The van der Waals surface area contributed by atoms with E-state index in [0.29, 0.717) is 5.92 Å². The minimum atomic E-state index is 0.00319. The molecule has 0 unspecified atom stereocenters. The van der Waals surface area contributed by atoms with E-state index >= 15 is 0 Å². The minimum absolute atomic E-state index is 0.00319. The lowest BCUT2D eigenvalue weighted by Gasteiger charge is -2.47. The van der Waals surface area contributed by atoms with E-state index < -0.39 is 0 Å². The lowest BCUT2D eigenvalue weighted by Crippen LogP contribution is -2.52. The van der Waals surface area contributed by atoms with E-state index in [1.807, 2.05) is 12.1 Å². The van der Waals surface area contributed by atoms with Gasteiger partial charge in [0.2, 0.25) is 0 Å². The second kappa shape index (κ2) is 7.05. The lowest BCUT2D eigenvalue weighted by atomic mass is 9.83. The highest BCUT2D eigenvalue weighted by Gasteiger charge is 2.37. The summed E-state index contributed by atoms with van der Waals surface area (Å²) in [5.74, 6) is 0.383. The molecule has 1 fully saturated rings. The number of likely N-dealkylation sites (tertiary alicyclic amines) is 1. The third-order valence-electron chi connectivity index (χ3n) is 4.67. The number of aliphatic hydroxyl groups excluding tert-OH is 2. The summed E-state index contributed by atoms with van der Waals surface area (Å²) in [5.41, 5.74) is 2.58. The monoisotopic (exact) mass is 297 g/mol. The number of rotatable bonds is 6. The summed E-state index contributed by atoms with van der Waals surface area (Å²) in [6.07, 6.45) is 0. The van der Waals surface area contributed by atoms with Crippen LogP contribution in [0.15, 0.2) is 60.7 Å². The fourth-order valence-electron chi connectivity index (χ4n) is 3.30. The molecule has 0 spiro atoms. The van der Waals surface area contributed by atoms with E-state index in [0.717, 1.165) is 13.1 Å². The van der Waals surface area contributed by atoms with E-state index in [9.17, 15) is 10.2 Å². The molecule has 1 heterocycles. The highest BCUT2D eigenvalue weighted by atomic mass is 16.3. The quantitative estimate of drug-likeness (QED) is 0.860. The molecule has 0 atom stereocenters. The van der Waals surface area contributed by atoms with E-state index in [1.165, 1.54) is 11.1 Å². The molecule has 0 aromatic heterocycles. The van der Waals surface area contributed by atoms with E-state index in [4.69, 9.17) is 0 Å². The molecule has 0 radical (unpaired) electrons. The predicted octanol–water partition coefficient (Wildman–Crippen LogP) is 2.31. The molecular formula is C19H23NO2. The number of benzene rings is 2. The molecule has 0 amide bonds. The Hall–Kier alpha value is -1.68. The first kappa shape index (κ1) is 15.2. The van der Waals surface area contributed by atoms with Crippen molar-refractivity contribution in [3.05, 3.63) is 71.8 Å². The predicted molar refractivity (Wildman–Crippen MR) is 87.5 cm³/mol. The maximum Gasteiger partial charge on any atom is 0.0602 e. The molecule has 0 saturated carbocycles. The molecule has 3 rings (SSSR count). The van der Waals surface area contributed by atoms with Crippen LogP contribution in [-0.2, 0) is 0 Å². The molecule has 3 heteroatoms. The lowest BCUT2D eigenvalue weighted by molar-refractivity contribution is -0.00825. The molecule has 0 aliphatic carbocycles. The third kappa shape index (κ3) is 3.07. The van der Waals surface area contributed by atoms with E-state index in [2.05, 4.69) is 53.4 Å². The Kier molecular flexibility index (Phi) is 4.88. The molecule has 1 aliphatic rings. The molecule has 22 heavy (non-hydrogen) atoms. The van der Waals surface area contributed by atoms with Gasteiger partial charge in [0.05, 0.1) is 6.04 Å². The average Bonchev–Trinajstić information content (AvgIpc) is 2.55. The number of nitrogens with zero attached hydrogens (tertiary/aromatic N) is 1. The summed E-state index contributed by atoms with van der Waals surface area (Å²) in [6.45, 7) is 1.97. The Morgan fingerprint density at radius 1 is 0.818 bits per heavy atom. The molecular weight excluding hydrogens is 274 g/mol. The van der Waals surface area contributed by atoms with Crippen LogP contribution in [0.1, 0.15) is 17.2 Å². The van der Waals surface area contributed by atoms with Crippen LogP contribution in [0.4, 0.5) is 0 Å². The van der Waals surface area contributed by atoms with Gasteiger partial charge >= 0.3 is 0 Å². The van der Waals surface area contributed by atoms with Crippen LogP contribution in [0.3, 0.4) is 0 Å². The molecule has 2 N–H and O–H groups in total. The van der Waals surface area contributed by atoms with E-state index in [1.54, 1.807) is 0 Å². The van der Waals surface area contributed by atoms with Gasteiger partial charge in [-0.2, -0.15) is 0 Å². The van der Waals surface area contributed by atoms with Crippen LogP contribution < -0.4 is 0 Å². The van der Waals surface area contributed by atoms with Crippen LogP contribution in [-0.4, -0.2) is 41.4 Å². The van der Waals surface area contributed by atoms with Crippen LogP contribution in [0, 0.1) is 11.8 Å². The molecule has 0 bridgehead atoms. The second-order valence-corrected chi connectivity index (χ2v) is 6.06. The zero-order valence-corrected chi connectivity index (χ0v) is 12.7. The zero-order valence-electron chi connectivity index (χ0n) is 12.7. The summed E-state index contributed by atoms with van der Waals surface area (Å²) >= 11 is 0. The SMILES string of the molecule is OCC(CO)C1CN(C(c2ccccc2)c2ccccc2)C1. The molecule has 116 valence electrons. The van der Waals surface area contributed by atoms with Crippen molar-refractivity contribution in [3.63, 3.8) is 0 Å². The summed E-state index contributed by atoms with van der Waals surface area (Å²) in [7, 11) is 0. The van der Waals surface area contributed by atoms with Crippen molar-refractivity contribution >= 4 is 0 Å². The van der Waals surface area contributed by atoms with Gasteiger partial charge in [-0.1, -0.05) is 60.7 Å². The first-order valence-electron chi connectivity index (χ1n) is 7.89.